The molecule has 0 heterocycles. The van der Waals surface area contributed by atoms with Gasteiger partial charge in [-0.15, -0.1) is 0 Å². The standard InChI is InChI=1S/C4H7N3O2/c1-2-4(3-6-5)7(8)9/h2-3H,5H2,1H3/b4-2+,6-3-. The highest BCUT2D eigenvalue weighted by atomic mass is 16.6. The van der Waals surface area contributed by atoms with Gasteiger partial charge in [0.1, 0.15) is 6.21 Å². The van der Waals surface area contributed by atoms with Crippen LogP contribution < -0.4 is 5.84 Å². The minimum Gasteiger partial charge on any atom is -0.323 e. The topological polar surface area (TPSA) is 81.5 Å². The lowest BCUT2D eigenvalue weighted by atomic mass is 10.5. The van der Waals surface area contributed by atoms with E-state index in [2.05, 4.69) is 10.9 Å². The number of nitrogens with two attached hydrogens (primary N) is 1. The minimum atomic E-state index is -0.559. The second-order valence-electron chi connectivity index (χ2n) is 1.25. The molecule has 0 saturated heterocycles. The first-order valence-corrected chi connectivity index (χ1v) is 2.26. The number of nitro groups is 1. The summed E-state index contributed by atoms with van der Waals surface area (Å²) in [6.07, 6.45) is 2.30. The Morgan fingerprint density at radius 3 is 2.56 bits per heavy atom. The summed E-state index contributed by atoms with van der Waals surface area (Å²) in [6.45, 7) is 1.54. The van der Waals surface area contributed by atoms with Crippen molar-refractivity contribution in [3.63, 3.8) is 0 Å². The molecule has 0 saturated carbocycles. The Bertz CT molecular complexity index is 161. The molecule has 9 heavy (non-hydrogen) atoms. The lowest BCUT2D eigenvalue weighted by Crippen LogP contribution is -2.00. The van der Waals surface area contributed by atoms with Crippen molar-refractivity contribution < 1.29 is 4.92 Å². The molecular weight excluding hydrogens is 122 g/mol. The highest BCUT2D eigenvalue weighted by Crippen LogP contribution is 1.88. The van der Waals surface area contributed by atoms with Gasteiger partial charge in [0, 0.05) is 0 Å². The van der Waals surface area contributed by atoms with Crippen LogP contribution in [0.1, 0.15) is 6.92 Å². The first-order chi connectivity index (χ1) is 4.22. The van der Waals surface area contributed by atoms with Gasteiger partial charge in [-0.2, -0.15) is 5.10 Å². The lowest BCUT2D eigenvalue weighted by Gasteiger charge is -1.84. The fourth-order valence-electron chi connectivity index (χ4n) is 0.303. The largest absolute Gasteiger partial charge is 0.323 e. The van der Waals surface area contributed by atoms with Gasteiger partial charge in [0.25, 0.3) is 5.70 Å². The molecule has 0 spiro atoms. The van der Waals surface area contributed by atoms with Crippen LogP contribution in [-0.2, 0) is 0 Å². The third-order valence-corrected chi connectivity index (χ3v) is 0.713. The first-order valence-electron chi connectivity index (χ1n) is 2.26. The van der Waals surface area contributed by atoms with Crippen molar-refractivity contribution in [3.8, 4) is 0 Å². The normalized spacial score (nSPS) is 12.3. The van der Waals surface area contributed by atoms with Gasteiger partial charge in [0.15, 0.2) is 0 Å². The molecule has 0 atom stereocenters. The van der Waals surface area contributed by atoms with Crippen LogP contribution in [0.3, 0.4) is 0 Å². The monoisotopic (exact) mass is 129 g/mol. The molecule has 0 rings (SSSR count). The Morgan fingerprint density at radius 2 is 2.44 bits per heavy atom. The molecule has 0 aromatic heterocycles. The molecule has 0 aromatic rings. The minimum absolute atomic E-state index is 0.0995. The first kappa shape index (κ1) is 7.61. The summed E-state index contributed by atoms with van der Waals surface area (Å²) >= 11 is 0. The smallest absolute Gasteiger partial charge is 0.285 e. The summed E-state index contributed by atoms with van der Waals surface area (Å²) < 4.78 is 0. The highest BCUT2D eigenvalue weighted by Gasteiger charge is 2.01. The van der Waals surface area contributed by atoms with Gasteiger partial charge in [-0.25, -0.2) is 0 Å². The molecule has 50 valence electrons. The second kappa shape index (κ2) is 3.59. The van der Waals surface area contributed by atoms with E-state index in [4.69, 9.17) is 0 Å². The van der Waals surface area contributed by atoms with Gasteiger partial charge in [-0.1, -0.05) is 0 Å². The van der Waals surface area contributed by atoms with Crippen LogP contribution in [0.2, 0.25) is 0 Å². The molecule has 0 fully saturated rings. The third kappa shape index (κ3) is 2.43. The summed E-state index contributed by atoms with van der Waals surface area (Å²) in [6, 6.07) is 0. The predicted octanol–water partition coefficient (Wildman–Crippen LogP) is 0.111. The molecule has 5 nitrogen and oxygen atoms in total. The van der Waals surface area contributed by atoms with Crippen molar-refractivity contribution in [1.29, 1.82) is 0 Å². The second-order valence-corrected chi connectivity index (χ2v) is 1.25. The van der Waals surface area contributed by atoms with Gasteiger partial charge in [0.05, 0.1) is 4.92 Å². The van der Waals surface area contributed by atoms with Crippen molar-refractivity contribution in [3.05, 3.63) is 21.9 Å². The summed E-state index contributed by atoms with van der Waals surface area (Å²) in [4.78, 5) is 9.35. The maximum atomic E-state index is 9.91. The summed E-state index contributed by atoms with van der Waals surface area (Å²) in [7, 11) is 0. The Morgan fingerprint density at radius 1 is 1.89 bits per heavy atom. The van der Waals surface area contributed by atoms with Crippen LogP contribution in [0.15, 0.2) is 16.9 Å². The van der Waals surface area contributed by atoms with Crippen LogP contribution in [-0.4, -0.2) is 11.1 Å². The number of hydrazone groups is 1. The summed E-state index contributed by atoms with van der Waals surface area (Å²) in [5.74, 6) is 4.67. The molecule has 0 radical (unpaired) electrons. The van der Waals surface area contributed by atoms with E-state index in [0.29, 0.717) is 0 Å². The Kier molecular flexibility index (Phi) is 3.04. The summed E-state index contributed by atoms with van der Waals surface area (Å²) in [5, 5.41) is 12.9. The maximum Gasteiger partial charge on any atom is 0.285 e. The van der Waals surface area contributed by atoms with Gasteiger partial charge >= 0.3 is 0 Å². The van der Waals surface area contributed by atoms with E-state index in [1.54, 1.807) is 6.92 Å². The molecule has 0 unspecified atom stereocenters. The number of rotatable bonds is 2. The van der Waals surface area contributed by atoms with Crippen molar-refractivity contribution in [2.24, 2.45) is 10.9 Å². The van der Waals surface area contributed by atoms with Crippen molar-refractivity contribution in [2.75, 3.05) is 0 Å². The number of nitrogens with zero attached hydrogens (tertiary/aromatic N) is 2. The molecule has 0 aliphatic heterocycles. The Labute approximate surface area is 52.0 Å². The average Bonchev–Trinajstić information content (AvgIpc) is 1.82. The van der Waals surface area contributed by atoms with Gasteiger partial charge in [-0.05, 0) is 13.0 Å². The highest BCUT2D eigenvalue weighted by molar-refractivity contribution is 5.74. The molecule has 0 aliphatic rings. The summed E-state index contributed by atoms with van der Waals surface area (Å²) in [5.41, 5.74) is -0.0995. The number of hydrogen-bond acceptors (Lipinski definition) is 4. The quantitative estimate of drug-likeness (QED) is 0.248. The number of allylic oxidation sites excluding steroid dienone is 2. The zero-order valence-corrected chi connectivity index (χ0v) is 4.94. The molecule has 0 amide bonds. The van der Waals surface area contributed by atoms with Crippen molar-refractivity contribution in [1.82, 2.24) is 0 Å². The van der Waals surface area contributed by atoms with E-state index in [0.717, 1.165) is 6.21 Å². The SMILES string of the molecule is C/C=C(\C=N/N)[N+](=O)[O-]. The van der Waals surface area contributed by atoms with Crippen molar-refractivity contribution in [2.45, 2.75) is 6.92 Å². The van der Waals surface area contributed by atoms with E-state index >= 15 is 0 Å². The lowest BCUT2D eigenvalue weighted by molar-refractivity contribution is -0.414. The van der Waals surface area contributed by atoms with E-state index in [9.17, 15) is 10.1 Å². The molecule has 0 bridgehead atoms. The average molecular weight is 129 g/mol. The van der Waals surface area contributed by atoms with Gasteiger partial charge < -0.3 is 5.84 Å². The number of hydrogen-bond donors (Lipinski definition) is 1. The fraction of sp³-hybridized carbons (Fsp3) is 0.250. The molecule has 0 aromatic carbocycles. The van der Waals surface area contributed by atoms with Crippen LogP contribution in [0.4, 0.5) is 0 Å². The molecular formula is C4H7N3O2. The Balaban J connectivity index is 4.19. The van der Waals surface area contributed by atoms with Gasteiger partial charge in [0.2, 0.25) is 0 Å². The zero-order valence-electron chi connectivity index (χ0n) is 4.94. The van der Waals surface area contributed by atoms with E-state index in [1.165, 1.54) is 6.08 Å². The third-order valence-electron chi connectivity index (χ3n) is 0.713. The van der Waals surface area contributed by atoms with Crippen molar-refractivity contribution >= 4 is 6.21 Å². The molecule has 0 aliphatic carbocycles. The van der Waals surface area contributed by atoms with E-state index in [-0.39, 0.29) is 5.70 Å². The van der Waals surface area contributed by atoms with Crippen LogP contribution in [0, 0.1) is 10.1 Å². The van der Waals surface area contributed by atoms with E-state index < -0.39 is 4.92 Å². The van der Waals surface area contributed by atoms with Crippen LogP contribution in [0.25, 0.3) is 0 Å². The maximum absolute atomic E-state index is 9.91. The Hall–Kier alpha value is -1.39. The van der Waals surface area contributed by atoms with Crippen LogP contribution >= 0.6 is 0 Å². The molecule has 5 heteroatoms. The van der Waals surface area contributed by atoms with E-state index in [1.807, 2.05) is 0 Å². The van der Waals surface area contributed by atoms with Gasteiger partial charge in [-0.3, -0.25) is 10.1 Å². The predicted molar refractivity (Wildman–Crippen MR) is 33.4 cm³/mol. The fourth-order valence-corrected chi connectivity index (χ4v) is 0.303. The zero-order chi connectivity index (χ0) is 7.28. The van der Waals surface area contributed by atoms with Crippen LogP contribution in [0.5, 0.6) is 0 Å². The molecule has 2 N–H and O–H groups in total.